The molecule has 19 heavy (non-hydrogen) atoms. The molecule has 3 N–H and O–H groups in total. The van der Waals surface area contributed by atoms with E-state index in [4.69, 9.17) is 5.73 Å². The molecule has 1 atom stereocenters. The summed E-state index contributed by atoms with van der Waals surface area (Å²) in [5, 5.41) is 14.7. The number of nitrogens with two attached hydrogens (primary N) is 1. The fraction of sp³-hybridized carbons (Fsp3) is 0.400. The van der Waals surface area contributed by atoms with Gasteiger partial charge in [0.15, 0.2) is 0 Å². The van der Waals surface area contributed by atoms with E-state index < -0.39 is 0 Å². The molecule has 0 bridgehead atoms. The summed E-state index contributed by atoms with van der Waals surface area (Å²) in [7, 11) is 0. The zero-order valence-electron chi connectivity index (χ0n) is 11.1. The highest BCUT2D eigenvalue weighted by atomic mass is 16.3. The fourth-order valence-electron chi connectivity index (χ4n) is 3.02. The van der Waals surface area contributed by atoms with Crippen LogP contribution in [-0.4, -0.2) is 21.4 Å². The molecule has 0 saturated carbocycles. The molecule has 1 unspecified atom stereocenters. The van der Waals surface area contributed by atoms with Crippen LogP contribution < -0.4 is 5.73 Å². The van der Waals surface area contributed by atoms with Gasteiger partial charge >= 0.3 is 0 Å². The Hall–Kier alpha value is -1.81. The van der Waals surface area contributed by atoms with E-state index in [1.54, 1.807) is 6.07 Å². The van der Waals surface area contributed by atoms with Crippen molar-refractivity contribution in [3.8, 4) is 11.4 Å². The summed E-state index contributed by atoms with van der Waals surface area (Å²) in [6.07, 6.45) is 3.33. The van der Waals surface area contributed by atoms with Gasteiger partial charge in [0.2, 0.25) is 0 Å². The van der Waals surface area contributed by atoms with Gasteiger partial charge in [-0.05, 0) is 43.9 Å². The molecule has 1 aromatic carbocycles. The van der Waals surface area contributed by atoms with Crippen LogP contribution in [-0.2, 0) is 6.42 Å². The van der Waals surface area contributed by atoms with Crippen LogP contribution in [0.5, 0.6) is 5.75 Å². The van der Waals surface area contributed by atoms with Crippen LogP contribution in [0.3, 0.4) is 0 Å². The van der Waals surface area contributed by atoms with Crippen molar-refractivity contribution in [2.45, 2.75) is 32.1 Å². The number of phenolic OH excluding ortho intramolecular Hbond substituents is 1. The molecule has 0 spiro atoms. The molecule has 4 nitrogen and oxygen atoms in total. The Morgan fingerprint density at radius 3 is 2.95 bits per heavy atom. The topological polar surface area (TPSA) is 64.1 Å². The lowest BCUT2D eigenvalue weighted by Gasteiger charge is -2.23. The van der Waals surface area contributed by atoms with Crippen LogP contribution in [0, 0.1) is 6.92 Å². The average Bonchev–Trinajstić information content (AvgIpc) is 2.77. The van der Waals surface area contributed by atoms with Crippen LogP contribution in [0.1, 0.15) is 35.7 Å². The van der Waals surface area contributed by atoms with Gasteiger partial charge in [0, 0.05) is 12.5 Å². The van der Waals surface area contributed by atoms with Crippen molar-refractivity contribution in [1.29, 1.82) is 0 Å². The van der Waals surface area contributed by atoms with Gasteiger partial charge in [0.1, 0.15) is 11.4 Å². The van der Waals surface area contributed by atoms with Crippen LogP contribution in [0.4, 0.5) is 0 Å². The molecule has 2 aromatic rings. The summed E-state index contributed by atoms with van der Waals surface area (Å²) < 4.78 is 1.89. The molecule has 1 aromatic heterocycles. The lowest BCUT2D eigenvalue weighted by atomic mass is 9.86. The number of aromatic hydroxyl groups is 1. The maximum atomic E-state index is 10.0. The Morgan fingerprint density at radius 2 is 2.21 bits per heavy atom. The summed E-state index contributed by atoms with van der Waals surface area (Å²) >= 11 is 0. The van der Waals surface area contributed by atoms with E-state index in [-0.39, 0.29) is 5.75 Å². The molecule has 0 fully saturated rings. The van der Waals surface area contributed by atoms with E-state index in [1.165, 1.54) is 17.7 Å². The number of phenols is 1. The number of hydrogen-bond acceptors (Lipinski definition) is 3. The van der Waals surface area contributed by atoms with E-state index in [2.05, 4.69) is 5.10 Å². The third-order valence-corrected chi connectivity index (χ3v) is 3.98. The first-order valence-electron chi connectivity index (χ1n) is 6.79. The molecule has 1 aliphatic rings. The van der Waals surface area contributed by atoms with Gasteiger partial charge in [-0.15, -0.1) is 0 Å². The van der Waals surface area contributed by atoms with E-state index in [0.717, 1.165) is 24.2 Å². The molecule has 0 aliphatic heterocycles. The molecule has 0 amide bonds. The first kappa shape index (κ1) is 12.2. The van der Waals surface area contributed by atoms with E-state index in [9.17, 15) is 5.11 Å². The molecule has 0 saturated heterocycles. The van der Waals surface area contributed by atoms with Crippen LogP contribution in [0.2, 0.25) is 0 Å². The maximum absolute atomic E-state index is 10.0. The summed E-state index contributed by atoms with van der Waals surface area (Å²) in [5.41, 5.74) is 10.2. The summed E-state index contributed by atoms with van der Waals surface area (Å²) in [6.45, 7) is 2.67. The molecule has 1 aliphatic carbocycles. The van der Waals surface area contributed by atoms with E-state index in [1.807, 2.05) is 29.8 Å². The van der Waals surface area contributed by atoms with Crippen molar-refractivity contribution in [3.05, 3.63) is 41.2 Å². The predicted molar refractivity (Wildman–Crippen MR) is 74.7 cm³/mol. The third kappa shape index (κ3) is 1.92. The van der Waals surface area contributed by atoms with Crippen molar-refractivity contribution in [2.75, 3.05) is 6.54 Å². The zero-order valence-corrected chi connectivity index (χ0v) is 11.1. The number of aromatic nitrogens is 2. The smallest absolute Gasteiger partial charge is 0.141 e. The predicted octanol–water partition coefficient (Wildman–Crippen LogP) is 2.26. The van der Waals surface area contributed by atoms with Gasteiger partial charge in [-0.2, -0.15) is 5.10 Å². The monoisotopic (exact) mass is 257 g/mol. The van der Waals surface area contributed by atoms with Crippen molar-refractivity contribution >= 4 is 0 Å². The number of aryl methyl sites for hydroxylation is 1. The summed E-state index contributed by atoms with van der Waals surface area (Å²) in [5.74, 6) is 0.596. The van der Waals surface area contributed by atoms with Crippen molar-refractivity contribution in [1.82, 2.24) is 9.78 Å². The number of fused-ring (bicyclic) bond motifs is 1. The number of benzene rings is 1. The van der Waals surface area contributed by atoms with Gasteiger partial charge in [0.05, 0.1) is 11.4 Å². The Labute approximate surface area is 112 Å². The fourth-order valence-corrected chi connectivity index (χ4v) is 3.02. The van der Waals surface area contributed by atoms with Crippen LogP contribution in [0.15, 0.2) is 24.3 Å². The minimum atomic E-state index is 0.258. The molecule has 1 heterocycles. The number of rotatable bonds is 2. The normalized spacial score (nSPS) is 18.3. The van der Waals surface area contributed by atoms with Crippen molar-refractivity contribution in [3.63, 3.8) is 0 Å². The van der Waals surface area contributed by atoms with Gasteiger partial charge in [-0.25, -0.2) is 4.68 Å². The minimum absolute atomic E-state index is 0.258. The number of hydrogen-bond donors (Lipinski definition) is 2. The van der Waals surface area contributed by atoms with Gasteiger partial charge in [-0.3, -0.25) is 0 Å². The van der Waals surface area contributed by atoms with Crippen molar-refractivity contribution < 1.29 is 5.11 Å². The first-order valence-corrected chi connectivity index (χ1v) is 6.79. The second kappa shape index (κ2) is 4.70. The Bertz CT molecular complexity index is 603. The van der Waals surface area contributed by atoms with Gasteiger partial charge in [-0.1, -0.05) is 12.1 Å². The largest absolute Gasteiger partial charge is 0.506 e. The highest BCUT2D eigenvalue weighted by molar-refractivity contribution is 5.48. The maximum Gasteiger partial charge on any atom is 0.141 e. The molecular weight excluding hydrogens is 238 g/mol. The van der Waals surface area contributed by atoms with Crippen LogP contribution in [0.25, 0.3) is 5.69 Å². The summed E-state index contributed by atoms with van der Waals surface area (Å²) in [6, 6.07) is 7.32. The molecule has 100 valence electrons. The highest BCUT2D eigenvalue weighted by Crippen LogP contribution is 2.35. The van der Waals surface area contributed by atoms with Gasteiger partial charge in [0.25, 0.3) is 0 Å². The Morgan fingerprint density at radius 1 is 1.42 bits per heavy atom. The molecule has 0 radical (unpaired) electrons. The molecule has 3 rings (SSSR count). The minimum Gasteiger partial charge on any atom is -0.506 e. The third-order valence-electron chi connectivity index (χ3n) is 3.98. The lowest BCUT2D eigenvalue weighted by molar-refractivity contribution is 0.466. The number of para-hydroxylation sites is 2. The van der Waals surface area contributed by atoms with Crippen LogP contribution >= 0.6 is 0 Å². The molecule has 4 heteroatoms. The number of nitrogens with zero attached hydrogens (tertiary/aromatic N) is 2. The average molecular weight is 257 g/mol. The van der Waals surface area contributed by atoms with E-state index in [0.29, 0.717) is 12.5 Å². The second-order valence-corrected chi connectivity index (χ2v) is 5.17. The standard InChI is InChI=1S/C15H19N3O/c1-10-12-6-4-5-11(9-16)15(12)18(17-10)13-7-2-3-8-14(13)19/h2-3,7-8,11,19H,4-6,9,16H2,1H3. The van der Waals surface area contributed by atoms with Gasteiger partial charge < -0.3 is 10.8 Å². The lowest BCUT2D eigenvalue weighted by Crippen LogP contribution is -2.21. The van der Waals surface area contributed by atoms with Crippen molar-refractivity contribution in [2.24, 2.45) is 5.73 Å². The Kier molecular flexibility index (Phi) is 3.03. The van der Waals surface area contributed by atoms with E-state index >= 15 is 0 Å². The SMILES string of the molecule is Cc1nn(-c2ccccc2O)c2c1CCCC2CN. The Balaban J connectivity index is 2.20. The first-order chi connectivity index (χ1) is 9.22. The zero-order chi connectivity index (χ0) is 13.4. The second-order valence-electron chi connectivity index (χ2n) is 5.17. The summed E-state index contributed by atoms with van der Waals surface area (Å²) in [4.78, 5) is 0. The molecular formula is C15H19N3O. The highest BCUT2D eigenvalue weighted by Gasteiger charge is 2.27. The quantitative estimate of drug-likeness (QED) is 0.867.